The summed E-state index contributed by atoms with van der Waals surface area (Å²) >= 11 is 7.46. The molecule has 6 heterocycles. The molecular formula is C44H62O4S4. The van der Waals surface area contributed by atoms with Gasteiger partial charge in [-0.15, -0.1) is 45.3 Å². The molecule has 0 spiro atoms. The largest absolute Gasteiger partial charge is 0.485 e. The summed E-state index contributed by atoms with van der Waals surface area (Å²) in [6.07, 6.45) is 29.4. The molecule has 0 bridgehead atoms. The Bertz CT molecular complexity index is 1490. The molecule has 0 radical (unpaired) electrons. The molecular weight excluding hydrogens is 721 g/mol. The maximum Gasteiger partial charge on any atom is 0.180 e. The van der Waals surface area contributed by atoms with Crippen molar-refractivity contribution < 1.29 is 18.9 Å². The minimum absolute atomic E-state index is 0.621. The summed E-state index contributed by atoms with van der Waals surface area (Å²) in [5, 5.41) is 4.28. The Morgan fingerprint density at radius 1 is 0.423 bits per heavy atom. The molecule has 0 unspecified atom stereocenters. The number of hydrogen-bond acceptors (Lipinski definition) is 8. The first kappa shape index (κ1) is 39.7. The van der Waals surface area contributed by atoms with Gasteiger partial charge in [-0.3, -0.25) is 0 Å². The molecule has 4 nitrogen and oxygen atoms in total. The number of ether oxygens (including phenoxy) is 4. The highest BCUT2D eigenvalue weighted by Crippen LogP contribution is 2.54. The quantitative estimate of drug-likeness (QED) is 0.0628. The predicted molar refractivity (Wildman–Crippen MR) is 227 cm³/mol. The molecule has 4 aromatic rings. The molecule has 0 amide bonds. The minimum atomic E-state index is 0.621. The molecule has 0 atom stereocenters. The molecule has 4 aromatic heterocycles. The number of thiophene rings is 4. The summed E-state index contributed by atoms with van der Waals surface area (Å²) in [7, 11) is 0. The zero-order valence-corrected chi connectivity index (χ0v) is 35.2. The topological polar surface area (TPSA) is 36.9 Å². The zero-order chi connectivity index (χ0) is 35.8. The predicted octanol–water partition coefficient (Wildman–Crippen LogP) is 15.4. The molecule has 2 aliphatic rings. The van der Waals surface area contributed by atoms with Crippen molar-refractivity contribution in [1.29, 1.82) is 0 Å². The number of unbranched alkanes of at least 4 members (excludes halogenated alkanes) is 18. The van der Waals surface area contributed by atoms with Crippen LogP contribution in [-0.2, 0) is 12.8 Å². The van der Waals surface area contributed by atoms with Gasteiger partial charge in [0.2, 0.25) is 0 Å². The van der Waals surface area contributed by atoms with Crippen LogP contribution in [0.4, 0.5) is 0 Å². The van der Waals surface area contributed by atoms with Gasteiger partial charge in [-0.05, 0) is 48.9 Å². The van der Waals surface area contributed by atoms with Gasteiger partial charge in [0.05, 0.1) is 19.5 Å². The second-order valence-corrected chi connectivity index (χ2v) is 18.6. The number of aryl methyl sites for hydroxylation is 2. The van der Waals surface area contributed by atoms with Crippen LogP contribution < -0.4 is 18.9 Å². The summed E-state index contributed by atoms with van der Waals surface area (Å²) < 4.78 is 24.4. The van der Waals surface area contributed by atoms with Crippen molar-refractivity contribution >= 4 is 45.3 Å². The Kier molecular flexibility index (Phi) is 16.6. The molecule has 0 fully saturated rings. The fourth-order valence-electron chi connectivity index (χ4n) is 7.50. The van der Waals surface area contributed by atoms with Crippen LogP contribution in [0.5, 0.6) is 23.0 Å². The Morgan fingerprint density at radius 3 is 1.15 bits per heavy atom. The van der Waals surface area contributed by atoms with Crippen LogP contribution in [0.25, 0.3) is 29.3 Å². The second kappa shape index (κ2) is 21.8. The van der Waals surface area contributed by atoms with Crippen molar-refractivity contribution in [3.8, 4) is 52.3 Å². The fourth-order valence-corrected chi connectivity index (χ4v) is 12.2. The second-order valence-electron chi connectivity index (χ2n) is 14.7. The first-order chi connectivity index (χ1) is 25.8. The maximum absolute atomic E-state index is 6.22. The van der Waals surface area contributed by atoms with Crippen LogP contribution in [0.15, 0.2) is 22.9 Å². The van der Waals surface area contributed by atoms with Crippen LogP contribution >= 0.6 is 45.3 Å². The van der Waals surface area contributed by atoms with Gasteiger partial charge in [0, 0.05) is 20.5 Å². The van der Waals surface area contributed by atoms with Crippen molar-refractivity contribution in [3.05, 3.63) is 34.0 Å². The first-order valence-electron chi connectivity index (χ1n) is 20.8. The number of fused-ring (bicyclic) bond motifs is 2. The minimum Gasteiger partial charge on any atom is -0.485 e. The highest BCUT2D eigenvalue weighted by Gasteiger charge is 2.27. The Morgan fingerprint density at radius 2 is 0.769 bits per heavy atom. The van der Waals surface area contributed by atoms with E-state index >= 15 is 0 Å². The van der Waals surface area contributed by atoms with Crippen molar-refractivity contribution in [2.75, 3.05) is 26.4 Å². The summed E-state index contributed by atoms with van der Waals surface area (Å²) in [5.74, 6) is 3.72. The van der Waals surface area contributed by atoms with Crippen LogP contribution in [0.2, 0.25) is 0 Å². The van der Waals surface area contributed by atoms with E-state index in [-0.39, 0.29) is 0 Å². The van der Waals surface area contributed by atoms with E-state index in [0.29, 0.717) is 26.4 Å². The Labute approximate surface area is 330 Å². The van der Waals surface area contributed by atoms with Gasteiger partial charge in [-0.25, -0.2) is 0 Å². The van der Waals surface area contributed by atoms with E-state index in [1.165, 1.54) is 169 Å². The highest BCUT2D eigenvalue weighted by molar-refractivity contribution is 7.28. The van der Waals surface area contributed by atoms with E-state index in [4.69, 9.17) is 18.9 Å². The third kappa shape index (κ3) is 11.0. The van der Waals surface area contributed by atoms with Crippen LogP contribution in [0, 0.1) is 0 Å². The lowest BCUT2D eigenvalue weighted by atomic mass is 10.0. The molecule has 0 N–H and O–H groups in total. The highest BCUT2D eigenvalue weighted by atomic mass is 32.1. The van der Waals surface area contributed by atoms with Gasteiger partial charge in [0.1, 0.15) is 26.4 Å². The van der Waals surface area contributed by atoms with E-state index < -0.39 is 0 Å². The van der Waals surface area contributed by atoms with E-state index in [2.05, 4.69) is 36.7 Å². The van der Waals surface area contributed by atoms with E-state index in [1.54, 1.807) is 22.7 Å². The zero-order valence-electron chi connectivity index (χ0n) is 32.0. The van der Waals surface area contributed by atoms with Gasteiger partial charge in [-0.2, -0.15) is 0 Å². The van der Waals surface area contributed by atoms with Crippen LogP contribution in [0.1, 0.15) is 153 Å². The normalized spacial score (nSPS) is 13.7. The van der Waals surface area contributed by atoms with Crippen molar-refractivity contribution in [2.24, 2.45) is 0 Å². The summed E-state index contributed by atoms with van der Waals surface area (Å²) in [6.45, 7) is 7.10. The van der Waals surface area contributed by atoms with E-state index in [9.17, 15) is 0 Å². The molecule has 8 heteroatoms. The SMILES string of the molecule is CCCCCCCCCCCCc1cc(-c2cc(CCCCCCCCCCCC)c(-c3scc4c3OCCO4)s2)sc1-c1scc2c1OCCO2. The van der Waals surface area contributed by atoms with Gasteiger partial charge < -0.3 is 18.9 Å². The summed E-state index contributed by atoms with van der Waals surface area (Å²) in [6, 6.07) is 5.01. The number of hydrogen-bond donors (Lipinski definition) is 0. The lowest BCUT2D eigenvalue weighted by Crippen LogP contribution is -2.14. The van der Waals surface area contributed by atoms with Gasteiger partial charge >= 0.3 is 0 Å². The molecule has 0 aromatic carbocycles. The van der Waals surface area contributed by atoms with Crippen molar-refractivity contribution in [3.63, 3.8) is 0 Å². The Balaban J connectivity index is 1.16. The van der Waals surface area contributed by atoms with Gasteiger partial charge in [-0.1, -0.05) is 129 Å². The Hall–Kier alpha value is -2.00. The monoisotopic (exact) mass is 782 g/mol. The molecule has 6 rings (SSSR count). The fraction of sp³-hybridized carbons (Fsp3) is 0.636. The number of rotatable bonds is 25. The maximum atomic E-state index is 6.22. The third-order valence-corrected chi connectivity index (χ3v) is 15.2. The van der Waals surface area contributed by atoms with Crippen LogP contribution in [0.3, 0.4) is 0 Å². The molecule has 286 valence electrons. The lowest BCUT2D eigenvalue weighted by molar-refractivity contribution is 0.174. The van der Waals surface area contributed by atoms with Gasteiger partial charge in [0.25, 0.3) is 0 Å². The van der Waals surface area contributed by atoms with E-state index in [0.717, 1.165) is 35.8 Å². The average Bonchev–Trinajstić information content (AvgIpc) is 3.98. The molecule has 52 heavy (non-hydrogen) atoms. The van der Waals surface area contributed by atoms with Crippen molar-refractivity contribution in [1.82, 2.24) is 0 Å². The molecule has 0 saturated heterocycles. The smallest absolute Gasteiger partial charge is 0.180 e. The standard InChI is InChI=1S/C44H62O4S4/c1-3-5-7-9-11-13-15-17-19-21-23-33-29-37(51-41(33)43-39-35(31-49-43)45-25-27-47-39)38-30-34(24-22-20-18-16-14-12-10-8-6-4-2)42(52-38)44-40-36(32-50-44)46-26-28-48-40/h29-32H,3-28H2,1-2H3. The average molecular weight is 783 g/mol. The van der Waals surface area contributed by atoms with Crippen LogP contribution in [-0.4, -0.2) is 26.4 Å². The van der Waals surface area contributed by atoms with E-state index in [1.807, 2.05) is 22.7 Å². The summed E-state index contributed by atoms with van der Waals surface area (Å²) in [5.41, 5.74) is 2.93. The molecule has 0 aliphatic carbocycles. The van der Waals surface area contributed by atoms with Gasteiger partial charge in [0.15, 0.2) is 23.0 Å². The molecule has 2 aliphatic heterocycles. The summed E-state index contributed by atoms with van der Waals surface area (Å²) in [4.78, 5) is 7.98. The molecule has 0 saturated carbocycles. The lowest BCUT2D eigenvalue weighted by Gasteiger charge is -2.16. The third-order valence-electron chi connectivity index (χ3n) is 10.5. The first-order valence-corrected chi connectivity index (χ1v) is 24.2. The van der Waals surface area contributed by atoms with Crippen molar-refractivity contribution in [2.45, 2.75) is 155 Å².